The van der Waals surface area contributed by atoms with Gasteiger partial charge in [-0.05, 0) is 12.1 Å². The molecular weight excluding hydrogens is 192 g/mol. The summed E-state index contributed by atoms with van der Waals surface area (Å²) >= 11 is 0. The monoisotopic (exact) mass is 208 g/mol. The molecular formula is C11H16N2O2. The van der Waals surface area contributed by atoms with Crippen molar-refractivity contribution in [1.29, 1.82) is 0 Å². The third kappa shape index (κ3) is 1.91. The molecule has 0 saturated carbocycles. The van der Waals surface area contributed by atoms with E-state index >= 15 is 0 Å². The lowest BCUT2D eigenvalue weighted by Crippen LogP contribution is -2.34. The van der Waals surface area contributed by atoms with E-state index < -0.39 is 0 Å². The van der Waals surface area contributed by atoms with Crippen molar-refractivity contribution >= 4 is 11.4 Å². The number of aliphatic hydroxyl groups excluding tert-OH is 2. The van der Waals surface area contributed by atoms with Crippen LogP contribution >= 0.6 is 0 Å². The van der Waals surface area contributed by atoms with Gasteiger partial charge in [0.15, 0.2) is 0 Å². The summed E-state index contributed by atoms with van der Waals surface area (Å²) in [6.07, 6.45) is 0. The van der Waals surface area contributed by atoms with Crippen LogP contribution < -0.4 is 9.80 Å². The van der Waals surface area contributed by atoms with E-state index in [-0.39, 0.29) is 13.2 Å². The van der Waals surface area contributed by atoms with Gasteiger partial charge in [-0.25, -0.2) is 0 Å². The molecule has 0 saturated heterocycles. The lowest BCUT2D eigenvalue weighted by atomic mass is 10.2. The van der Waals surface area contributed by atoms with Crippen LogP contribution in [-0.4, -0.2) is 43.2 Å². The van der Waals surface area contributed by atoms with Crippen LogP contribution in [0.1, 0.15) is 0 Å². The molecule has 4 heteroatoms. The molecule has 0 aliphatic carbocycles. The smallest absolute Gasteiger partial charge is 0.0906 e. The van der Waals surface area contributed by atoms with Gasteiger partial charge < -0.3 is 20.0 Å². The van der Waals surface area contributed by atoms with Gasteiger partial charge in [0.25, 0.3) is 0 Å². The third-order valence-corrected chi connectivity index (χ3v) is 2.64. The predicted octanol–water partition coefficient (Wildman–Crippen LogP) is 0.255. The van der Waals surface area contributed by atoms with E-state index in [4.69, 9.17) is 10.2 Å². The lowest BCUT2D eigenvalue weighted by Gasteiger charge is -2.20. The van der Waals surface area contributed by atoms with E-state index in [0.717, 1.165) is 18.0 Å². The van der Waals surface area contributed by atoms with E-state index in [1.54, 1.807) is 0 Å². The Bertz CT molecular complexity index is 299. The van der Waals surface area contributed by atoms with Crippen molar-refractivity contribution in [2.24, 2.45) is 0 Å². The molecule has 0 spiro atoms. The van der Waals surface area contributed by atoms with E-state index in [9.17, 15) is 0 Å². The van der Waals surface area contributed by atoms with Crippen LogP contribution in [0.2, 0.25) is 0 Å². The zero-order valence-corrected chi connectivity index (χ0v) is 8.63. The Kier molecular flexibility index (Phi) is 3.08. The minimum Gasteiger partial charge on any atom is -0.395 e. The Balaban J connectivity index is 2.22. The molecule has 1 aromatic carbocycles. The standard InChI is InChI=1S/C11H16N2O2/c14-7-5-12-9-13(6-8-15)11-4-2-1-3-10(11)12/h1-4,14-15H,5-9H2. The number of aliphatic hydroxyl groups is 2. The topological polar surface area (TPSA) is 46.9 Å². The molecule has 1 aliphatic heterocycles. The van der Waals surface area contributed by atoms with Crippen molar-refractivity contribution in [1.82, 2.24) is 0 Å². The molecule has 1 aliphatic rings. The average molecular weight is 208 g/mol. The van der Waals surface area contributed by atoms with Gasteiger partial charge in [0.05, 0.1) is 31.3 Å². The van der Waals surface area contributed by atoms with Gasteiger partial charge in [-0.1, -0.05) is 12.1 Å². The molecule has 1 aromatic rings. The number of benzene rings is 1. The van der Waals surface area contributed by atoms with Crippen LogP contribution in [0, 0.1) is 0 Å². The zero-order chi connectivity index (χ0) is 10.7. The summed E-state index contributed by atoms with van der Waals surface area (Å²) in [6.45, 7) is 2.33. The van der Waals surface area contributed by atoms with Crippen molar-refractivity contribution in [2.45, 2.75) is 0 Å². The highest BCUT2D eigenvalue weighted by Crippen LogP contribution is 2.34. The molecule has 2 N–H and O–H groups in total. The van der Waals surface area contributed by atoms with Gasteiger partial charge in [0.2, 0.25) is 0 Å². The third-order valence-electron chi connectivity index (χ3n) is 2.64. The van der Waals surface area contributed by atoms with Gasteiger partial charge in [-0.15, -0.1) is 0 Å². The fraction of sp³-hybridized carbons (Fsp3) is 0.455. The maximum absolute atomic E-state index is 8.96. The van der Waals surface area contributed by atoms with E-state index in [2.05, 4.69) is 9.80 Å². The Morgan fingerprint density at radius 2 is 1.40 bits per heavy atom. The van der Waals surface area contributed by atoms with E-state index in [0.29, 0.717) is 13.1 Å². The molecule has 0 unspecified atom stereocenters. The number of β-amino-alcohol motifs (C(OH)–C–C–N with tert-alkyl or cyclic N) is 2. The second-order valence-electron chi connectivity index (χ2n) is 3.60. The number of nitrogens with zero attached hydrogens (tertiary/aromatic N) is 2. The van der Waals surface area contributed by atoms with Crippen molar-refractivity contribution in [2.75, 3.05) is 42.8 Å². The molecule has 2 rings (SSSR count). The Labute approximate surface area is 89.4 Å². The van der Waals surface area contributed by atoms with Crippen molar-refractivity contribution in [3.05, 3.63) is 24.3 Å². The second kappa shape index (κ2) is 4.51. The average Bonchev–Trinajstić information content (AvgIpc) is 2.59. The first-order chi connectivity index (χ1) is 7.36. The van der Waals surface area contributed by atoms with Gasteiger partial charge in [0.1, 0.15) is 0 Å². The van der Waals surface area contributed by atoms with E-state index in [1.165, 1.54) is 0 Å². The number of fused-ring (bicyclic) bond motifs is 1. The SMILES string of the molecule is OCCN1CN(CCO)c2ccccc21. The highest BCUT2D eigenvalue weighted by atomic mass is 16.3. The molecule has 0 amide bonds. The summed E-state index contributed by atoms with van der Waals surface area (Å²) in [6, 6.07) is 8.07. The highest BCUT2D eigenvalue weighted by molar-refractivity contribution is 5.76. The zero-order valence-electron chi connectivity index (χ0n) is 8.63. The maximum Gasteiger partial charge on any atom is 0.0906 e. The fourth-order valence-corrected chi connectivity index (χ4v) is 1.98. The van der Waals surface area contributed by atoms with Gasteiger partial charge in [-0.2, -0.15) is 0 Å². The first kappa shape index (κ1) is 10.3. The molecule has 82 valence electrons. The molecule has 0 aromatic heterocycles. The van der Waals surface area contributed by atoms with Crippen molar-refractivity contribution in [3.8, 4) is 0 Å². The molecule has 0 radical (unpaired) electrons. The van der Waals surface area contributed by atoms with Crippen LogP contribution in [-0.2, 0) is 0 Å². The number of para-hydroxylation sites is 2. The molecule has 0 atom stereocenters. The van der Waals surface area contributed by atoms with Gasteiger partial charge in [0, 0.05) is 13.1 Å². The molecule has 4 nitrogen and oxygen atoms in total. The quantitative estimate of drug-likeness (QED) is 0.745. The minimum atomic E-state index is 0.154. The predicted molar refractivity (Wildman–Crippen MR) is 60.2 cm³/mol. The molecule has 0 bridgehead atoms. The number of rotatable bonds is 4. The lowest BCUT2D eigenvalue weighted by molar-refractivity contribution is 0.297. The number of hydrogen-bond donors (Lipinski definition) is 2. The largest absolute Gasteiger partial charge is 0.395 e. The summed E-state index contributed by atoms with van der Waals surface area (Å²) in [5, 5.41) is 17.9. The first-order valence-corrected chi connectivity index (χ1v) is 5.17. The molecule has 15 heavy (non-hydrogen) atoms. The summed E-state index contributed by atoms with van der Waals surface area (Å²) in [4.78, 5) is 4.23. The second-order valence-corrected chi connectivity index (χ2v) is 3.60. The maximum atomic E-state index is 8.96. The van der Waals surface area contributed by atoms with Crippen LogP contribution in [0.4, 0.5) is 11.4 Å². The first-order valence-electron chi connectivity index (χ1n) is 5.17. The Hall–Kier alpha value is -1.26. The van der Waals surface area contributed by atoms with Crippen LogP contribution in [0.5, 0.6) is 0 Å². The van der Waals surface area contributed by atoms with Gasteiger partial charge in [-0.3, -0.25) is 0 Å². The van der Waals surface area contributed by atoms with Crippen LogP contribution in [0.15, 0.2) is 24.3 Å². The Morgan fingerprint density at radius 3 is 1.80 bits per heavy atom. The summed E-state index contributed by atoms with van der Waals surface area (Å²) in [7, 11) is 0. The van der Waals surface area contributed by atoms with Gasteiger partial charge >= 0.3 is 0 Å². The van der Waals surface area contributed by atoms with E-state index in [1.807, 2.05) is 24.3 Å². The minimum absolute atomic E-state index is 0.154. The van der Waals surface area contributed by atoms with Crippen LogP contribution in [0.25, 0.3) is 0 Å². The van der Waals surface area contributed by atoms with Crippen molar-refractivity contribution in [3.63, 3.8) is 0 Å². The normalized spacial score (nSPS) is 14.5. The highest BCUT2D eigenvalue weighted by Gasteiger charge is 2.23. The summed E-state index contributed by atoms with van der Waals surface area (Å²) < 4.78 is 0. The molecule has 0 fully saturated rings. The van der Waals surface area contributed by atoms with Crippen LogP contribution in [0.3, 0.4) is 0 Å². The Morgan fingerprint density at radius 1 is 0.933 bits per heavy atom. The number of hydrogen-bond acceptors (Lipinski definition) is 4. The summed E-state index contributed by atoms with van der Waals surface area (Å²) in [5.74, 6) is 0. The molecule has 1 heterocycles. The fourth-order valence-electron chi connectivity index (χ4n) is 1.98. The van der Waals surface area contributed by atoms with Crippen molar-refractivity contribution < 1.29 is 10.2 Å². The number of anilines is 2. The summed E-state index contributed by atoms with van der Waals surface area (Å²) in [5.41, 5.74) is 2.28.